The highest BCUT2D eigenvalue weighted by atomic mass is 32.2. The summed E-state index contributed by atoms with van der Waals surface area (Å²) >= 11 is 1.49. The van der Waals surface area contributed by atoms with Gasteiger partial charge in [0.2, 0.25) is 0 Å². The Kier molecular flexibility index (Phi) is 4.76. The molecule has 2 aromatic carbocycles. The first-order valence-corrected chi connectivity index (χ1v) is 8.60. The van der Waals surface area contributed by atoms with Crippen LogP contribution in [0, 0.1) is 5.82 Å². The number of nitrogens with zero attached hydrogens (tertiary/aromatic N) is 2. The smallest absolute Gasteiger partial charge is 0.266 e. The zero-order chi connectivity index (χ0) is 16.2. The predicted octanol–water partition coefficient (Wildman–Crippen LogP) is 4.42. The fourth-order valence-electron chi connectivity index (χ4n) is 2.36. The molecule has 0 aliphatic heterocycles. The lowest BCUT2D eigenvalue weighted by molar-refractivity contribution is 0.608. The first kappa shape index (κ1) is 15.7. The lowest BCUT2D eigenvalue weighted by Gasteiger charge is -2.13. The molecule has 3 aromatic rings. The molecule has 0 saturated carbocycles. The SMILES string of the molecule is CCCCSc1nc2ccccc2c(=O)n1-c1ccccc1F. The summed E-state index contributed by atoms with van der Waals surface area (Å²) in [5, 5.41) is 1.03. The average molecular weight is 328 g/mol. The molecule has 1 aromatic heterocycles. The van der Waals surface area contributed by atoms with E-state index in [1.54, 1.807) is 30.3 Å². The topological polar surface area (TPSA) is 34.9 Å². The van der Waals surface area contributed by atoms with Crippen molar-refractivity contribution < 1.29 is 4.39 Å². The molecule has 3 rings (SSSR count). The third-order valence-electron chi connectivity index (χ3n) is 3.57. The van der Waals surface area contributed by atoms with E-state index in [-0.39, 0.29) is 11.2 Å². The van der Waals surface area contributed by atoms with Crippen LogP contribution in [0.4, 0.5) is 4.39 Å². The van der Waals surface area contributed by atoms with E-state index in [9.17, 15) is 9.18 Å². The molecule has 23 heavy (non-hydrogen) atoms. The molecule has 0 aliphatic rings. The zero-order valence-corrected chi connectivity index (χ0v) is 13.6. The van der Waals surface area contributed by atoms with Crippen molar-refractivity contribution in [2.45, 2.75) is 24.9 Å². The number of para-hydroxylation sites is 2. The second-order valence-electron chi connectivity index (χ2n) is 5.21. The van der Waals surface area contributed by atoms with E-state index < -0.39 is 5.82 Å². The van der Waals surface area contributed by atoms with E-state index >= 15 is 0 Å². The summed E-state index contributed by atoms with van der Waals surface area (Å²) in [6.07, 6.45) is 2.08. The number of hydrogen-bond acceptors (Lipinski definition) is 3. The van der Waals surface area contributed by atoms with Crippen LogP contribution in [0.25, 0.3) is 16.6 Å². The van der Waals surface area contributed by atoms with Crippen LogP contribution in [0.5, 0.6) is 0 Å². The zero-order valence-electron chi connectivity index (χ0n) is 12.8. The molecule has 0 saturated heterocycles. The minimum Gasteiger partial charge on any atom is -0.268 e. The normalized spacial score (nSPS) is 11.0. The van der Waals surface area contributed by atoms with Gasteiger partial charge < -0.3 is 0 Å². The van der Waals surface area contributed by atoms with Crippen LogP contribution in [-0.4, -0.2) is 15.3 Å². The van der Waals surface area contributed by atoms with Crippen molar-refractivity contribution in [1.29, 1.82) is 0 Å². The summed E-state index contributed by atoms with van der Waals surface area (Å²) in [4.78, 5) is 17.5. The van der Waals surface area contributed by atoms with Gasteiger partial charge in [0, 0.05) is 5.75 Å². The van der Waals surface area contributed by atoms with Gasteiger partial charge >= 0.3 is 0 Å². The molecule has 0 N–H and O–H groups in total. The highest BCUT2D eigenvalue weighted by Crippen LogP contribution is 2.23. The average Bonchev–Trinajstić information content (AvgIpc) is 2.57. The Morgan fingerprint density at radius 3 is 2.65 bits per heavy atom. The Hall–Kier alpha value is -2.14. The number of halogens is 1. The molecule has 5 heteroatoms. The van der Waals surface area contributed by atoms with Gasteiger partial charge in [-0.05, 0) is 30.7 Å². The van der Waals surface area contributed by atoms with Crippen LogP contribution in [0.3, 0.4) is 0 Å². The van der Waals surface area contributed by atoms with Crippen LogP contribution in [-0.2, 0) is 0 Å². The fourth-order valence-corrected chi connectivity index (χ4v) is 3.45. The second-order valence-corrected chi connectivity index (χ2v) is 6.27. The quantitative estimate of drug-likeness (QED) is 0.395. The van der Waals surface area contributed by atoms with Crippen LogP contribution >= 0.6 is 11.8 Å². The van der Waals surface area contributed by atoms with Crippen LogP contribution in [0.2, 0.25) is 0 Å². The molecule has 0 fully saturated rings. The molecule has 118 valence electrons. The third-order valence-corrected chi connectivity index (χ3v) is 4.59. The fraction of sp³-hybridized carbons (Fsp3) is 0.222. The number of benzene rings is 2. The molecule has 0 atom stereocenters. The van der Waals surface area contributed by atoms with E-state index in [1.165, 1.54) is 22.4 Å². The Balaban J connectivity index is 2.24. The summed E-state index contributed by atoms with van der Waals surface area (Å²) in [6, 6.07) is 13.5. The summed E-state index contributed by atoms with van der Waals surface area (Å²) in [5.74, 6) is 0.416. The first-order chi connectivity index (χ1) is 11.2. The summed E-state index contributed by atoms with van der Waals surface area (Å²) in [5.41, 5.74) is 0.651. The Labute approximate surface area is 138 Å². The van der Waals surface area contributed by atoms with Crippen LogP contribution in [0.1, 0.15) is 19.8 Å². The van der Waals surface area contributed by atoms with Crippen molar-refractivity contribution in [2.24, 2.45) is 0 Å². The molecular weight excluding hydrogens is 311 g/mol. The van der Waals surface area contributed by atoms with Gasteiger partial charge in [0.15, 0.2) is 5.16 Å². The number of unbranched alkanes of at least 4 members (excludes halogenated alkanes) is 1. The summed E-state index contributed by atoms with van der Waals surface area (Å²) in [7, 11) is 0. The standard InChI is InChI=1S/C18H17FN2OS/c1-2-3-12-23-18-20-15-10-6-4-8-13(15)17(22)21(18)16-11-7-5-9-14(16)19/h4-11H,2-3,12H2,1H3. The number of aromatic nitrogens is 2. The third kappa shape index (κ3) is 3.15. The van der Waals surface area contributed by atoms with Crippen LogP contribution < -0.4 is 5.56 Å². The number of hydrogen-bond donors (Lipinski definition) is 0. The Bertz CT molecular complexity index is 892. The molecule has 0 bridgehead atoms. The van der Waals surface area contributed by atoms with Crippen molar-refractivity contribution in [3.63, 3.8) is 0 Å². The Morgan fingerprint density at radius 1 is 1.13 bits per heavy atom. The molecular formula is C18H17FN2OS. The molecule has 0 spiro atoms. The van der Waals surface area contributed by atoms with E-state index in [1.807, 2.05) is 12.1 Å². The highest BCUT2D eigenvalue weighted by Gasteiger charge is 2.15. The van der Waals surface area contributed by atoms with Crippen molar-refractivity contribution >= 4 is 22.7 Å². The van der Waals surface area contributed by atoms with E-state index in [0.717, 1.165) is 18.6 Å². The minimum absolute atomic E-state index is 0.236. The van der Waals surface area contributed by atoms with E-state index in [4.69, 9.17) is 0 Å². The minimum atomic E-state index is -0.427. The first-order valence-electron chi connectivity index (χ1n) is 7.62. The van der Waals surface area contributed by atoms with Gasteiger partial charge in [0.1, 0.15) is 5.82 Å². The maximum atomic E-state index is 14.2. The van der Waals surface area contributed by atoms with Crippen molar-refractivity contribution in [3.8, 4) is 5.69 Å². The van der Waals surface area contributed by atoms with Crippen molar-refractivity contribution in [2.75, 3.05) is 5.75 Å². The second kappa shape index (κ2) is 6.96. The molecule has 3 nitrogen and oxygen atoms in total. The van der Waals surface area contributed by atoms with Gasteiger partial charge in [-0.15, -0.1) is 0 Å². The van der Waals surface area contributed by atoms with Gasteiger partial charge in [-0.25, -0.2) is 9.37 Å². The largest absolute Gasteiger partial charge is 0.268 e. The van der Waals surface area contributed by atoms with Gasteiger partial charge in [0.25, 0.3) is 5.56 Å². The van der Waals surface area contributed by atoms with Gasteiger partial charge in [0.05, 0.1) is 16.6 Å². The van der Waals surface area contributed by atoms with E-state index in [0.29, 0.717) is 16.1 Å². The number of thioether (sulfide) groups is 1. The summed E-state index contributed by atoms with van der Waals surface area (Å²) in [6.45, 7) is 2.11. The number of rotatable bonds is 5. The Morgan fingerprint density at radius 2 is 1.87 bits per heavy atom. The number of fused-ring (bicyclic) bond motifs is 1. The molecule has 1 heterocycles. The lowest BCUT2D eigenvalue weighted by atomic mass is 10.2. The van der Waals surface area contributed by atoms with Crippen molar-refractivity contribution in [3.05, 3.63) is 64.7 Å². The monoisotopic (exact) mass is 328 g/mol. The predicted molar refractivity (Wildman–Crippen MR) is 92.9 cm³/mol. The van der Waals surface area contributed by atoms with Gasteiger partial charge in [-0.1, -0.05) is 49.4 Å². The van der Waals surface area contributed by atoms with E-state index in [2.05, 4.69) is 11.9 Å². The highest BCUT2D eigenvalue weighted by molar-refractivity contribution is 7.99. The maximum Gasteiger partial charge on any atom is 0.266 e. The maximum absolute atomic E-state index is 14.2. The molecule has 0 radical (unpaired) electrons. The molecule has 0 unspecified atom stereocenters. The van der Waals surface area contributed by atoms with Crippen LogP contribution in [0.15, 0.2) is 58.5 Å². The van der Waals surface area contributed by atoms with Gasteiger partial charge in [-0.2, -0.15) is 0 Å². The van der Waals surface area contributed by atoms with Gasteiger partial charge in [-0.3, -0.25) is 9.36 Å². The summed E-state index contributed by atoms with van der Waals surface area (Å²) < 4.78 is 15.6. The lowest BCUT2D eigenvalue weighted by Crippen LogP contribution is -2.22. The van der Waals surface area contributed by atoms with Crippen molar-refractivity contribution in [1.82, 2.24) is 9.55 Å². The molecule has 0 aliphatic carbocycles. The molecule has 0 amide bonds.